The Hall–Kier alpha value is -5.15. The van der Waals surface area contributed by atoms with E-state index < -0.39 is 0 Å². The van der Waals surface area contributed by atoms with Crippen molar-refractivity contribution in [1.82, 2.24) is 9.66 Å². The van der Waals surface area contributed by atoms with Gasteiger partial charge in [0.05, 0.1) is 30.8 Å². The number of amides is 1. The van der Waals surface area contributed by atoms with Crippen molar-refractivity contribution in [1.29, 1.82) is 0 Å². The topological polar surface area (TPSA) is 104 Å². The van der Waals surface area contributed by atoms with E-state index in [0.29, 0.717) is 51.1 Å². The molecule has 0 saturated carbocycles. The molecule has 0 bridgehead atoms. The predicted octanol–water partition coefficient (Wildman–Crippen LogP) is 7.46. The number of carbonyl (C=O) groups excluding carboxylic acids is 1. The lowest BCUT2D eigenvalue weighted by Gasteiger charge is -2.18. The van der Waals surface area contributed by atoms with E-state index in [2.05, 4.69) is 24.3 Å². The molecule has 1 amide bonds. The fourth-order valence-corrected chi connectivity index (χ4v) is 5.08. The number of hydrogen-bond donors (Lipinski definition) is 1. The first kappa shape index (κ1) is 32.2. The lowest BCUT2D eigenvalue weighted by molar-refractivity contribution is -0.118. The van der Waals surface area contributed by atoms with Crippen molar-refractivity contribution < 1.29 is 19.0 Å². The summed E-state index contributed by atoms with van der Waals surface area (Å²) >= 11 is 5.91. The number of aromatic nitrogens is 2. The largest absolute Gasteiger partial charge is 0.494 e. The molecule has 5 rings (SSSR count). The van der Waals surface area contributed by atoms with Crippen molar-refractivity contribution in [2.45, 2.75) is 33.6 Å². The van der Waals surface area contributed by atoms with Crippen molar-refractivity contribution in [2.24, 2.45) is 5.10 Å². The third kappa shape index (κ3) is 7.21. The summed E-state index contributed by atoms with van der Waals surface area (Å²) in [5.41, 5.74) is 4.24. The van der Waals surface area contributed by atoms with Gasteiger partial charge in [0, 0.05) is 16.3 Å². The highest BCUT2D eigenvalue weighted by Gasteiger charge is 2.19. The maximum absolute atomic E-state index is 13.8. The van der Waals surface area contributed by atoms with Crippen molar-refractivity contribution >= 4 is 40.3 Å². The number of benzene rings is 4. The summed E-state index contributed by atoms with van der Waals surface area (Å²) in [6.07, 6.45) is 1.56. The standard InChI is InChI=1S/C36H35ClN4O5/c1-6-45-32-17-23(4)29(19-28(32)22(2)3)35-40-30-10-8-7-9-27(30)36(43)41(35)38-20-24-11-16-31(33(18-24)44-5)46-21-34(42)39-26-14-12-25(37)13-15-26/h7-20,22H,6,21H2,1-5H3,(H,39,42). The monoisotopic (exact) mass is 638 g/mol. The summed E-state index contributed by atoms with van der Waals surface area (Å²) in [4.78, 5) is 31.1. The van der Waals surface area contributed by atoms with Gasteiger partial charge in [-0.15, -0.1) is 0 Å². The molecule has 0 unspecified atom stereocenters. The minimum absolute atomic E-state index is 0.182. The molecule has 1 N–H and O–H groups in total. The van der Waals surface area contributed by atoms with Gasteiger partial charge < -0.3 is 19.5 Å². The Balaban J connectivity index is 1.47. The summed E-state index contributed by atoms with van der Waals surface area (Å²) < 4.78 is 18.5. The SMILES string of the molecule is CCOc1cc(C)c(-c2nc3ccccc3c(=O)n2N=Cc2ccc(OCC(=O)Nc3ccc(Cl)cc3)c(OC)c2)cc1C(C)C. The predicted molar refractivity (Wildman–Crippen MR) is 183 cm³/mol. The number of para-hydroxylation sites is 1. The molecule has 236 valence electrons. The highest BCUT2D eigenvalue weighted by molar-refractivity contribution is 6.30. The van der Waals surface area contributed by atoms with Crippen LogP contribution in [0, 0.1) is 6.92 Å². The summed E-state index contributed by atoms with van der Waals surface area (Å²) in [6.45, 7) is 8.44. The van der Waals surface area contributed by atoms with Crippen LogP contribution in [0.4, 0.5) is 5.69 Å². The van der Waals surface area contributed by atoms with Gasteiger partial charge in [-0.3, -0.25) is 9.59 Å². The Morgan fingerprint density at radius 1 is 1.00 bits per heavy atom. The van der Waals surface area contributed by atoms with E-state index in [1.54, 1.807) is 60.8 Å². The number of carbonyl (C=O) groups is 1. The van der Waals surface area contributed by atoms with E-state index in [4.69, 9.17) is 30.8 Å². The first-order valence-electron chi connectivity index (χ1n) is 14.9. The van der Waals surface area contributed by atoms with Gasteiger partial charge in [0.1, 0.15) is 5.75 Å². The van der Waals surface area contributed by atoms with Crippen molar-refractivity contribution in [3.63, 3.8) is 0 Å². The van der Waals surface area contributed by atoms with Crippen LogP contribution in [0.1, 0.15) is 43.4 Å². The average molecular weight is 639 g/mol. The quantitative estimate of drug-likeness (QED) is 0.151. The molecule has 0 saturated heterocycles. The van der Waals surface area contributed by atoms with Crippen LogP contribution >= 0.6 is 11.6 Å². The van der Waals surface area contributed by atoms with Gasteiger partial charge in [0.15, 0.2) is 23.9 Å². The van der Waals surface area contributed by atoms with E-state index in [-0.39, 0.29) is 24.0 Å². The Bertz CT molecular complexity index is 1970. The first-order chi connectivity index (χ1) is 22.2. The Morgan fingerprint density at radius 3 is 2.48 bits per heavy atom. The van der Waals surface area contributed by atoms with Crippen molar-refractivity contribution in [2.75, 3.05) is 25.6 Å². The summed E-state index contributed by atoms with van der Waals surface area (Å²) in [5, 5.41) is 8.41. The summed E-state index contributed by atoms with van der Waals surface area (Å²) in [7, 11) is 1.51. The number of fused-ring (bicyclic) bond motifs is 1. The van der Waals surface area contributed by atoms with Crippen molar-refractivity contribution in [3.05, 3.63) is 111 Å². The van der Waals surface area contributed by atoms with Gasteiger partial charge in [-0.05, 0) is 103 Å². The molecule has 1 heterocycles. The van der Waals surface area contributed by atoms with Crippen LogP contribution < -0.4 is 25.1 Å². The van der Waals surface area contributed by atoms with Gasteiger partial charge in [-0.2, -0.15) is 9.78 Å². The third-order valence-corrected chi connectivity index (χ3v) is 7.52. The highest BCUT2D eigenvalue weighted by atomic mass is 35.5. The molecular formula is C36H35ClN4O5. The summed E-state index contributed by atoms with van der Waals surface area (Å²) in [6, 6.07) is 23.2. The lowest BCUT2D eigenvalue weighted by atomic mass is 9.96. The van der Waals surface area contributed by atoms with Gasteiger partial charge in [-0.25, -0.2) is 4.98 Å². The number of halogens is 1. The van der Waals surface area contributed by atoms with E-state index in [9.17, 15) is 9.59 Å². The number of nitrogens with one attached hydrogen (secondary N) is 1. The molecule has 0 spiro atoms. The van der Waals surface area contributed by atoms with Crippen LogP contribution in [0.25, 0.3) is 22.3 Å². The van der Waals surface area contributed by atoms with E-state index >= 15 is 0 Å². The zero-order valence-electron chi connectivity index (χ0n) is 26.3. The van der Waals surface area contributed by atoms with E-state index in [1.165, 1.54) is 11.8 Å². The summed E-state index contributed by atoms with van der Waals surface area (Å²) in [5.74, 6) is 1.85. The van der Waals surface area contributed by atoms with Crippen LogP contribution in [0.3, 0.4) is 0 Å². The molecule has 1 aromatic heterocycles. The van der Waals surface area contributed by atoms with E-state index in [0.717, 1.165) is 22.4 Å². The molecule has 0 fully saturated rings. The van der Waals surface area contributed by atoms with Crippen LogP contribution in [0.15, 0.2) is 88.8 Å². The number of aryl methyl sites for hydroxylation is 1. The van der Waals surface area contributed by atoms with E-state index in [1.807, 2.05) is 38.1 Å². The number of hydrogen-bond acceptors (Lipinski definition) is 7. The average Bonchev–Trinajstić information content (AvgIpc) is 3.04. The molecule has 46 heavy (non-hydrogen) atoms. The second kappa shape index (κ2) is 14.3. The first-order valence-corrected chi connectivity index (χ1v) is 15.3. The number of anilines is 1. The second-order valence-corrected chi connectivity index (χ2v) is 11.3. The van der Waals surface area contributed by atoms with Crippen LogP contribution in [0.2, 0.25) is 5.02 Å². The molecule has 0 aliphatic carbocycles. The smallest absolute Gasteiger partial charge is 0.282 e. The molecule has 4 aromatic carbocycles. The van der Waals surface area contributed by atoms with Crippen LogP contribution in [-0.4, -0.2) is 42.1 Å². The number of nitrogens with zero attached hydrogens (tertiary/aromatic N) is 3. The molecule has 0 atom stereocenters. The van der Waals surface area contributed by atoms with Crippen LogP contribution in [-0.2, 0) is 4.79 Å². The number of methoxy groups -OCH3 is 1. The Morgan fingerprint density at radius 2 is 1.76 bits per heavy atom. The fraction of sp³-hybridized carbons (Fsp3) is 0.222. The Labute approximate surface area is 272 Å². The van der Waals surface area contributed by atoms with Crippen molar-refractivity contribution in [3.8, 4) is 28.6 Å². The molecule has 9 nitrogen and oxygen atoms in total. The molecule has 0 aliphatic heterocycles. The lowest BCUT2D eigenvalue weighted by Crippen LogP contribution is -2.21. The normalized spacial score (nSPS) is 11.3. The molecule has 0 radical (unpaired) electrons. The number of rotatable bonds is 11. The minimum atomic E-state index is -0.337. The highest BCUT2D eigenvalue weighted by Crippen LogP contribution is 2.34. The second-order valence-electron chi connectivity index (χ2n) is 10.9. The molecular weight excluding hydrogens is 604 g/mol. The maximum Gasteiger partial charge on any atom is 0.282 e. The van der Waals surface area contributed by atoms with Gasteiger partial charge in [0.25, 0.3) is 11.5 Å². The zero-order valence-corrected chi connectivity index (χ0v) is 27.1. The molecule has 5 aromatic rings. The fourth-order valence-electron chi connectivity index (χ4n) is 4.96. The Kier molecular flexibility index (Phi) is 10.0. The van der Waals surface area contributed by atoms with Gasteiger partial charge >= 0.3 is 0 Å². The maximum atomic E-state index is 13.8. The van der Waals surface area contributed by atoms with Crippen LogP contribution in [0.5, 0.6) is 17.2 Å². The third-order valence-electron chi connectivity index (χ3n) is 7.27. The molecule has 0 aliphatic rings. The van der Waals surface area contributed by atoms with Gasteiger partial charge in [0.2, 0.25) is 0 Å². The molecule has 10 heteroatoms. The van der Waals surface area contributed by atoms with Gasteiger partial charge in [-0.1, -0.05) is 37.6 Å². The zero-order chi connectivity index (χ0) is 32.8. The minimum Gasteiger partial charge on any atom is -0.494 e. The number of ether oxygens (including phenoxy) is 3.